The average Bonchev–Trinajstić information content (AvgIpc) is 2.35. The molecule has 2 unspecified atom stereocenters. The fourth-order valence-corrected chi connectivity index (χ4v) is 2.04. The van der Waals surface area contributed by atoms with E-state index in [-0.39, 0.29) is 0 Å². The zero-order valence-electron chi connectivity index (χ0n) is 12.3. The van der Waals surface area contributed by atoms with Gasteiger partial charge >= 0.3 is 0 Å². The van der Waals surface area contributed by atoms with E-state index in [9.17, 15) is 0 Å². The number of nitrogens with two attached hydrogens (primary N) is 1. The molecule has 0 heterocycles. The van der Waals surface area contributed by atoms with Crippen molar-refractivity contribution in [2.45, 2.75) is 78.2 Å². The van der Waals surface area contributed by atoms with Gasteiger partial charge in [-0.05, 0) is 38.8 Å². The molecular formula is C15H34N2. The first-order valence-electron chi connectivity index (χ1n) is 7.65. The van der Waals surface area contributed by atoms with Gasteiger partial charge in [-0.2, -0.15) is 0 Å². The van der Waals surface area contributed by atoms with E-state index < -0.39 is 0 Å². The Balaban J connectivity index is 3.13. The van der Waals surface area contributed by atoms with Gasteiger partial charge in [-0.25, -0.2) is 0 Å². The summed E-state index contributed by atoms with van der Waals surface area (Å²) in [6.45, 7) is 8.95. The number of hydrogen-bond donors (Lipinski definition) is 2. The van der Waals surface area contributed by atoms with Crippen LogP contribution in [0.25, 0.3) is 0 Å². The van der Waals surface area contributed by atoms with Crippen LogP contribution in [0, 0.1) is 5.92 Å². The highest BCUT2D eigenvalue weighted by molar-refractivity contribution is 4.66. The summed E-state index contributed by atoms with van der Waals surface area (Å²) in [6, 6.07) is 0.671. The minimum absolute atomic E-state index is 0.671. The maximum absolute atomic E-state index is 5.46. The molecule has 17 heavy (non-hydrogen) atoms. The molecule has 0 rings (SSSR count). The minimum Gasteiger partial charge on any atom is -0.330 e. The van der Waals surface area contributed by atoms with Gasteiger partial charge in [-0.3, -0.25) is 0 Å². The van der Waals surface area contributed by atoms with Gasteiger partial charge in [0.15, 0.2) is 0 Å². The number of rotatable bonds is 12. The Hall–Kier alpha value is -0.0800. The topological polar surface area (TPSA) is 38.0 Å². The predicted octanol–water partition coefficient (Wildman–Crippen LogP) is 3.70. The van der Waals surface area contributed by atoms with E-state index in [0.29, 0.717) is 6.04 Å². The normalized spacial score (nSPS) is 14.8. The second-order valence-electron chi connectivity index (χ2n) is 5.39. The monoisotopic (exact) mass is 242 g/mol. The van der Waals surface area contributed by atoms with Crippen molar-refractivity contribution in [3.8, 4) is 0 Å². The van der Waals surface area contributed by atoms with Crippen LogP contribution < -0.4 is 11.1 Å². The van der Waals surface area contributed by atoms with Gasteiger partial charge in [-0.15, -0.1) is 0 Å². The molecule has 2 heteroatoms. The van der Waals surface area contributed by atoms with Gasteiger partial charge in [0.1, 0.15) is 0 Å². The Morgan fingerprint density at radius 3 is 1.94 bits per heavy atom. The molecule has 3 N–H and O–H groups in total. The molecule has 2 nitrogen and oxygen atoms in total. The van der Waals surface area contributed by atoms with Crippen molar-refractivity contribution in [3.63, 3.8) is 0 Å². The Labute approximate surface area is 109 Å². The molecule has 2 atom stereocenters. The predicted molar refractivity (Wildman–Crippen MR) is 78.3 cm³/mol. The van der Waals surface area contributed by atoms with Crippen molar-refractivity contribution >= 4 is 0 Å². The van der Waals surface area contributed by atoms with Crippen molar-refractivity contribution < 1.29 is 0 Å². The van der Waals surface area contributed by atoms with Crippen LogP contribution in [-0.2, 0) is 0 Å². The molecule has 0 aliphatic heterocycles. The van der Waals surface area contributed by atoms with Crippen LogP contribution in [-0.4, -0.2) is 19.1 Å². The van der Waals surface area contributed by atoms with Crippen LogP contribution in [0.2, 0.25) is 0 Å². The summed E-state index contributed by atoms with van der Waals surface area (Å²) in [7, 11) is 0. The SMILES string of the molecule is CCC(C)C(C)NCCCCCCCCCN. The fraction of sp³-hybridized carbons (Fsp3) is 1.00. The molecule has 0 aromatic rings. The van der Waals surface area contributed by atoms with Gasteiger partial charge in [0.25, 0.3) is 0 Å². The van der Waals surface area contributed by atoms with Crippen molar-refractivity contribution in [1.29, 1.82) is 0 Å². The van der Waals surface area contributed by atoms with Gasteiger partial charge in [-0.1, -0.05) is 52.4 Å². The quantitative estimate of drug-likeness (QED) is 0.512. The Morgan fingerprint density at radius 2 is 1.41 bits per heavy atom. The smallest absolute Gasteiger partial charge is 0.00642 e. The summed E-state index contributed by atoms with van der Waals surface area (Å²) in [5.41, 5.74) is 5.46. The van der Waals surface area contributed by atoms with Gasteiger partial charge in [0.05, 0.1) is 0 Å². The molecule has 0 aromatic heterocycles. The third kappa shape index (κ3) is 10.8. The molecule has 0 radical (unpaired) electrons. The highest BCUT2D eigenvalue weighted by Gasteiger charge is 2.07. The Bertz CT molecular complexity index is 148. The third-order valence-electron chi connectivity index (χ3n) is 3.84. The Kier molecular flexibility index (Phi) is 12.3. The lowest BCUT2D eigenvalue weighted by atomic mass is 10.0. The van der Waals surface area contributed by atoms with E-state index in [1.807, 2.05) is 0 Å². The van der Waals surface area contributed by atoms with E-state index >= 15 is 0 Å². The minimum atomic E-state index is 0.671. The molecule has 0 spiro atoms. The van der Waals surface area contributed by atoms with E-state index in [0.717, 1.165) is 12.5 Å². The summed E-state index contributed by atoms with van der Waals surface area (Å²) in [5, 5.41) is 3.63. The summed E-state index contributed by atoms with van der Waals surface area (Å²) in [5.74, 6) is 0.797. The number of unbranched alkanes of at least 4 members (excludes halogenated alkanes) is 6. The zero-order valence-corrected chi connectivity index (χ0v) is 12.3. The highest BCUT2D eigenvalue weighted by Crippen LogP contribution is 2.08. The molecule has 0 bridgehead atoms. The summed E-state index contributed by atoms with van der Waals surface area (Å²) < 4.78 is 0. The summed E-state index contributed by atoms with van der Waals surface area (Å²) in [6.07, 6.45) is 10.7. The molecular weight excluding hydrogens is 208 g/mol. The number of nitrogens with one attached hydrogen (secondary N) is 1. The molecule has 104 valence electrons. The van der Waals surface area contributed by atoms with E-state index in [4.69, 9.17) is 5.73 Å². The maximum Gasteiger partial charge on any atom is 0.00642 e. The lowest BCUT2D eigenvalue weighted by Gasteiger charge is -2.19. The Morgan fingerprint density at radius 1 is 0.882 bits per heavy atom. The second kappa shape index (κ2) is 12.4. The molecule has 0 amide bonds. The fourth-order valence-electron chi connectivity index (χ4n) is 2.04. The first kappa shape index (κ1) is 16.9. The lowest BCUT2D eigenvalue weighted by Crippen LogP contribution is -2.32. The zero-order chi connectivity index (χ0) is 12.9. The lowest BCUT2D eigenvalue weighted by molar-refractivity contribution is 0.385. The van der Waals surface area contributed by atoms with Crippen LogP contribution in [0.5, 0.6) is 0 Å². The van der Waals surface area contributed by atoms with Crippen molar-refractivity contribution in [2.75, 3.05) is 13.1 Å². The van der Waals surface area contributed by atoms with E-state index in [1.165, 1.54) is 57.9 Å². The largest absolute Gasteiger partial charge is 0.330 e. The molecule has 0 aliphatic rings. The van der Waals surface area contributed by atoms with Gasteiger partial charge < -0.3 is 11.1 Å². The molecule has 0 aromatic carbocycles. The van der Waals surface area contributed by atoms with Crippen LogP contribution >= 0.6 is 0 Å². The van der Waals surface area contributed by atoms with Crippen LogP contribution in [0.4, 0.5) is 0 Å². The molecule has 0 saturated heterocycles. The van der Waals surface area contributed by atoms with Crippen LogP contribution in [0.3, 0.4) is 0 Å². The second-order valence-corrected chi connectivity index (χ2v) is 5.39. The standard InChI is InChI=1S/C15H34N2/c1-4-14(2)15(3)17-13-11-9-7-5-6-8-10-12-16/h14-15,17H,4-13,16H2,1-3H3. The maximum atomic E-state index is 5.46. The first-order chi connectivity index (χ1) is 8.22. The average molecular weight is 242 g/mol. The van der Waals surface area contributed by atoms with Crippen molar-refractivity contribution in [3.05, 3.63) is 0 Å². The van der Waals surface area contributed by atoms with E-state index in [2.05, 4.69) is 26.1 Å². The first-order valence-corrected chi connectivity index (χ1v) is 7.65. The van der Waals surface area contributed by atoms with E-state index in [1.54, 1.807) is 0 Å². The van der Waals surface area contributed by atoms with Crippen LogP contribution in [0.1, 0.15) is 72.1 Å². The molecule has 0 saturated carbocycles. The molecule has 0 aliphatic carbocycles. The van der Waals surface area contributed by atoms with Crippen LogP contribution in [0.15, 0.2) is 0 Å². The highest BCUT2D eigenvalue weighted by atomic mass is 14.9. The van der Waals surface area contributed by atoms with Crippen molar-refractivity contribution in [1.82, 2.24) is 5.32 Å². The summed E-state index contributed by atoms with van der Waals surface area (Å²) >= 11 is 0. The van der Waals surface area contributed by atoms with Gasteiger partial charge in [0, 0.05) is 6.04 Å². The third-order valence-corrected chi connectivity index (χ3v) is 3.84. The van der Waals surface area contributed by atoms with Crippen molar-refractivity contribution in [2.24, 2.45) is 11.7 Å². The molecule has 0 fully saturated rings. The van der Waals surface area contributed by atoms with Gasteiger partial charge in [0.2, 0.25) is 0 Å². The summed E-state index contributed by atoms with van der Waals surface area (Å²) in [4.78, 5) is 0. The number of hydrogen-bond acceptors (Lipinski definition) is 2.